The molecule has 1 unspecified atom stereocenters. The van der Waals surface area contributed by atoms with E-state index in [0.717, 1.165) is 15.6 Å². The summed E-state index contributed by atoms with van der Waals surface area (Å²) < 4.78 is 53.8. The third-order valence-corrected chi connectivity index (χ3v) is 8.92. The van der Waals surface area contributed by atoms with Crippen molar-refractivity contribution in [1.82, 2.24) is 9.62 Å². The number of carbonyl (C=O) groups excluding carboxylic acids is 1. The molecule has 1 heterocycles. The number of carbonyl (C=O) groups is 1. The summed E-state index contributed by atoms with van der Waals surface area (Å²) in [4.78, 5) is 16.0. The number of anilines is 2. The van der Waals surface area contributed by atoms with Crippen molar-refractivity contribution >= 4 is 37.3 Å². The molecule has 0 radical (unpaired) electrons. The average Bonchev–Trinajstić information content (AvgIpc) is 3.00. The third-order valence-electron chi connectivity index (χ3n) is 5.65. The van der Waals surface area contributed by atoms with Gasteiger partial charge in [-0.15, -0.1) is 0 Å². The molecule has 1 aliphatic rings. The Kier molecular flexibility index (Phi) is 7.18. The number of benzene rings is 2. The van der Waals surface area contributed by atoms with Gasteiger partial charge in [-0.2, -0.15) is 0 Å². The first kappa shape index (κ1) is 25.2. The molecule has 0 aliphatic carbocycles. The third kappa shape index (κ3) is 5.37. The monoisotopic (exact) mass is 494 g/mol. The summed E-state index contributed by atoms with van der Waals surface area (Å²) >= 11 is 0. The van der Waals surface area contributed by atoms with E-state index in [4.69, 9.17) is 0 Å². The highest BCUT2D eigenvalue weighted by Crippen LogP contribution is 2.29. The van der Waals surface area contributed by atoms with Crippen LogP contribution in [-0.4, -0.2) is 68.1 Å². The molecule has 0 aromatic heterocycles. The summed E-state index contributed by atoms with van der Waals surface area (Å²) in [6, 6.07) is 11.8. The first-order chi connectivity index (χ1) is 15.3. The summed E-state index contributed by atoms with van der Waals surface area (Å²) in [5.74, 6) is -0.759. The van der Waals surface area contributed by atoms with Crippen LogP contribution in [0.5, 0.6) is 0 Å². The Balaban J connectivity index is 1.81. The van der Waals surface area contributed by atoms with E-state index in [9.17, 15) is 21.6 Å². The fourth-order valence-corrected chi connectivity index (χ4v) is 6.50. The average molecular weight is 495 g/mol. The predicted octanol–water partition coefficient (Wildman–Crippen LogP) is 1.71. The molecule has 1 saturated heterocycles. The van der Waals surface area contributed by atoms with Gasteiger partial charge in [0.25, 0.3) is 0 Å². The Morgan fingerprint density at radius 2 is 1.70 bits per heavy atom. The first-order valence-corrected chi connectivity index (χ1v) is 13.5. The second-order valence-corrected chi connectivity index (χ2v) is 12.2. The van der Waals surface area contributed by atoms with Gasteiger partial charge in [0.05, 0.1) is 16.3 Å². The van der Waals surface area contributed by atoms with Crippen LogP contribution in [0.2, 0.25) is 0 Å². The van der Waals surface area contributed by atoms with Crippen LogP contribution in [-0.2, 0) is 24.8 Å². The van der Waals surface area contributed by atoms with Gasteiger partial charge in [0.15, 0.2) is 0 Å². The van der Waals surface area contributed by atoms with E-state index in [1.807, 2.05) is 62.3 Å². The normalized spacial score (nSPS) is 16.9. The molecule has 33 heavy (non-hydrogen) atoms. The molecule has 2 aromatic carbocycles. The summed E-state index contributed by atoms with van der Waals surface area (Å²) in [5.41, 5.74) is 2.52. The molecule has 0 bridgehead atoms. The predicted molar refractivity (Wildman–Crippen MR) is 129 cm³/mol. The molecule has 3 rings (SSSR count). The lowest BCUT2D eigenvalue weighted by Crippen LogP contribution is -2.35. The number of rotatable bonds is 8. The summed E-state index contributed by atoms with van der Waals surface area (Å²) in [6.07, 6.45) is -0.0789. The van der Waals surface area contributed by atoms with Gasteiger partial charge in [0, 0.05) is 38.8 Å². The number of amides is 1. The SMILES string of the molecule is Cc1cc(N2C(=O)CCS2(=O)=O)ccc1S(=O)(=O)NCC(c1ccc(N(C)C)cc1)N(C)C. The van der Waals surface area contributed by atoms with E-state index >= 15 is 0 Å². The van der Waals surface area contributed by atoms with Gasteiger partial charge in [0.1, 0.15) is 0 Å². The molecule has 1 N–H and O–H groups in total. The maximum atomic E-state index is 13.0. The highest BCUT2D eigenvalue weighted by molar-refractivity contribution is 7.94. The van der Waals surface area contributed by atoms with Crippen LogP contribution in [0.15, 0.2) is 47.4 Å². The molecular formula is C22H30N4O5S2. The standard InChI is InChI=1S/C22H30N4O5S2/c1-16-14-19(26-22(27)12-13-32(26,28)29)10-11-21(16)33(30,31)23-15-20(25(4)5)17-6-8-18(9-7-17)24(2)3/h6-11,14,20,23H,12-13,15H2,1-5H3. The van der Waals surface area contributed by atoms with E-state index in [0.29, 0.717) is 5.56 Å². The molecule has 1 aliphatic heterocycles. The van der Waals surface area contributed by atoms with Crippen LogP contribution >= 0.6 is 0 Å². The van der Waals surface area contributed by atoms with Gasteiger partial charge >= 0.3 is 0 Å². The van der Waals surface area contributed by atoms with E-state index in [1.165, 1.54) is 18.2 Å². The molecule has 1 fully saturated rings. The minimum absolute atomic E-state index is 0.0377. The van der Waals surface area contributed by atoms with Gasteiger partial charge in [0.2, 0.25) is 26.0 Å². The lowest BCUT2D eigenvalue weighted by Gasteiger charge is -2.26. The summed E-state index contributed by atoms with van der Waals surface area (Å²) in [7, 11) is 0.0859. The van der Waals surface area contributed by atoms with Crippen molar-refractivity contribution in [2.45, 2.75) is 24.3 Å². The summed E-state index contributed by atoms with van der Waals surface area (Å²) in [6.45, 7) is 1.73. The minimum Gasteiger partial charge on any atom is -0.378 e. The Bertz CT molecular complexity index is 1240. The van der Waals surface area contributed by atoms with Crippen LogP contribution in [0.1, 0.15) is 23.6 Å². The number of nitrogens with zero attached hydrogens (tertiary/aromatic N) is 3. The highest BCUT2D eigenvalue weighted by atomic mass is 32.2. The van der Waals surface area contributed by atoms with E-state index < -0.39 is 26.0 Å². The zero-order chi connectivity index (χ0) is 24.6. The molecule has 1 atom stereocenters. The number of sulfonamides is 2. The van der Waals surface area contributed by atoms with Gasteiger partial charge in [-0.05, 0) is 62.5 Å². The van der Waals surface area contributed by atoms with Crippen LogP contribution in [0.3, 0.4) is 0 Å². The maximum absolute atomic E-state index is 13.0. The second-order valence-electron chi connectivity index (χ2n) is 8.49. The number of hydrogen-bond acceptors (Lipinski definition) is 7. The fraction of sp³-hybridized carbons (Fsp3) is 0.409. The Hall–Kier alpha value is -2.47. The molecule has 11 heteroatoms. The zero-order valence-corrected chi connectivity index (χ0v) is 21.1. The molecule has 0 spiro atoms. The lowest BCUT2D eigenvalue weighted by atomic mass is 10.1. The minimum atomic E-state index is -3.87. The number of hydrogen-bond donors (Lipinski definition) is 1. The van der Waals surface area contributed by atoms with Crippen LogP contribution in [0.25, 0.3) is 0 Å². The van der Waals surface area contributed by atoms with Gasteiger partial charge < -0.3 is 9.80 Å². The van der Waals surface area contributed by atoms with Crippen LogP contribution in [0.4, 0.5) is 11.4 Å². The first-order valence-electron chi connectivity index (χ1n) is 10.4. The number of aryl methyl sites for hydroxylation is 1. The van der Waals surface area contributed by atoms with Gasteiger partial charge in [-0.25, -0.2) is 25.9 Å². The lowest BCUT2D eigenvalue weighted by molar-refractivity contribution is -0.116. The van der Waals surface area contributed by atoms with Crippen molar-refractivity contribution in [2.24, 2.45) is 0 Å². The zero-order valence-electron chi connectivity index (χ0n) is 19.4. The molecule has 180 valence electrons. The van der Waals surface area contributed by atoms with E-state index in [2.05, 4.69) is 4.72 Å². The fourth-order valence-electron chi connectivity index (χ4n) is 3.79. The van der Waals surface area contributed by atoms with Gasteiger partial charge in [-0.3, -0.25) is 4.79 Å². The van der Waals surface area contributed by atoms with Crippen molar-refractivity contribution in [3.05, 3.63) is 53.6 Å². The van der Waals surface area contributed by atoms with Crippen LogP contribution < -0.4 is 13.9 Å². The summed E-state index contributed by atoms with van der Waals surface area (Å²) in [5, 5.41) is 0. The second kappa shape index (κ2) is 9.41. The largest absolute Gasteiger partial charge is 0.378 e. The molecular weight excluding hydrogens is 464 g/mol. The quantitative estimate of drug-likeness (QED) is 0.595. The van der Waals surface area contributed by atoms with Crippen molar-refractivity contribution in [2.75, 3.05) is 49.7 Å². The maximum Gasteiger partial charge on any atom is 0.242 e. The topological polar surface area (TPSA) is 107 Å². The van der Waals surface area contributed by atoms with Crippen molar-refractivity contribution in [1.29, 1.82) is 0 Å². The molecule has 1 amide bonds. The van der Waals surface area contributed by atoms with Crippen molar-refractivity contribution < 1.29 is 21.6 Å². The Labute approximate surface area is 196 Å². The highest BCUT2D eigenvalue weighted by Gasteiger charge is 2.36. The molecule has 2 aromatic rings. The Morgan fingerprint density at radius 3 is 2.18 bits per heavy atom. The van der Waals surface area contributed by atoms with Crippen molar-refractivity contribution in [3.8, 4) is 0 Å². The Morgan fingerprint density at radius 1 is 1.06 bits per heavy atom. The number of likely N-dealkylation sites (N-methyl/N-ethyl adjacent to an activating group) is 1. The van der Waals surface area contributed by atoms with Crippen molar-refractivity contribution in [3.63, 3.8) is 0 Å². The van der Waals surface area contributed by atoms with E-state index in [1.54, 1.807) is 6.92 Å². The van der Waals surface area contributed by atoms with Crippen LogP contribution in [0, 0.1) is 6.92 Å². The molecule has 0 saturated carbocycles. The van der Waals surface area contributed by atoms with E-state index in [-0.39, 0.29) is 35.3 Å². The van der Waals surface area contributed by atoms with Gasteiger partial charge in [-0.1, -0.05) is 12.1 Å². The smallest absolute Gasteiger partial charge is 0.242 e. The number of nitrogens with one attached hydrogen (secondary N) is 1. The molecule has 9 nitrogen and oxygen atoms in total.